The number of amides is 1. The number of hydrogen-bond donors (Lipinski definition) is 0. The normalized spacial score (nSPS) is 10.4. The zero-order valence-electron chi connectivity index (χ0n) is 9.91. The number of carbonyl (C=O) groups is 1. The first-order valence-electron chi connectivity index (χ1n) is 5.34. The smallest absolute Gasteiger partial charge is 0.254 e. The van der Waals surface area contributed by atoms with E-state index in [1.807, 2.05) is 13.8 Å². The standard InChI is InChI=1S/C13H15BrClNO/c1-4-7-16(9(2)3)13(17)10-5-6-11(14)12(15)8-10/h4-6,8-9H,1,7H2,2-3H3. The van der Waals surface area contributed by atoms with Crippen LogP contribution in [0.5, 0.6) is 0 Å². The van der Waals surface area contributed by atoms with Crippen molar-refractivity contribution in [1.29, 1.82) is 0 Å². The van der Waals surface area contributed by atoms with E-state index < -0.39 is 0 Å². The Morgan fingerprint density at radius 1 is 1.59 bits per heavy atom. The lowest BCUT2D eigenvalue weighted by atomic mass is 10.1. The molecule has 4 heteroatoms. The molecule has 0 fully saturated rings. The predicted molar refractivity (Wildman–Crippen MR) is 75.5 cm³/mol. The monoisotopic (exact) mass is 315 g/mol. The molecule has 17 heavy (non-hydrogen) atoms. The van der Waals surface area contributed by atoms with Crippen LogP contribution in [-0.2, 0) is 0 Å². The van der Waals surface area contributed by atoms with Crippen molar-refractivity contribution >= 4 is 33.4 Å². The van der Waals surface area contributed by atoms with E-state index in [1.165, 1.54) is 0 Å². The number of nitrogens with zero attached hydrogens (tertiary/aromatic N) is 1. The third-order valence-corrected chi connectivity index (χ3v) is 3.61. The highest BCUT2D eigenvalue weighted by Crippen LogP contribution is 2.24. The van der Waals surface area contributed by atoms with Crippen molar-refractivity contribution in [2.75, 3.05) is 6.54 Å². The molecule has 1 amide bonds. The molecule has 0 bridgehead atoms. The van der Waals surface area contributed by atoms with Crippen LogP contribution < -0.4 is 0 Å². The lowest BCUT2D eigenvalue weighted by molar-refractivity contribution is 0.0729. The molecule has 0 radical (unpaired) electrons. The molecule has 0 aliphatic carbocycles. The van der Waals surface area contributed by atoms with Crippen molar-refractivity contribution in [2.24, 2.45) is 0 Å². The first-order chi connectivity index (χ1) is 7.97. The minimum atomic E-state index is -0.0331. The summed E-state index contributed by atoms with van der Waals surface area (Å²) in [4.78, 5) is 14.0. The van der Waals surface area contributed by atoms with Gasteiger partial charge < -0.3 is 4.90 Å². The molecular formula is C13H15BrClNO. The fourth-order valence-electron chi connectivity index (χ4n) is 1.46. The second-order valence-corrected chi connectivity index (χ2v) is 5.23. The van der Waals surface area contributed by atoms with Gasteiger partial charge in [0.25, 0.3) is 5.91 Å². The second kappa shape index (κ2) is 6.22. The van der Waals surface area contributed by atoms with Crippen molar-refractivity contribution in [3.63, 3.8) is 0 Å². The highest BCUT2D eigenvalue weighted by molar-refractivity contribution is 9.10. The van der Waals surface area contributed by atoms with E-state index >= 15 is 0 Å². The minimum absolute atomic E-state index is 0.0331. The summed E-state index contributed by atoms with van der Waals surface area (Å²) in [6.45, 7) is 8.14. The predicted octanol–water partition coefficient (Wildman–Crippen LogP) is 4.14. The summed E-state index contributed by atoms with van der Waals surface area (Å²) in [6.07, 6.45) is 1.72. The molecule has 0 aromatic heterocycles. The van der Waals surface area contributed by atoms with Crippen LogP contribution in [-0.4, -0.2) is 23.4 Å². The van der Waals surface area contributed by atoms with E-state index in [1.54, 1.807) is 29.2 Å². The van der Waals surface area contributed by atoms with E-state index in [2.05, 4.69) is 22.5 Å². The third kappa shape index (κ3) is 3.58. The van der Waals surface area contributed by atoms with Gasteiger partial charge in [-0.1, -0.05) is 17.7 Å². The van der Waals surface area contributed by atoms with Crippen LogP contribution in [0.1, 0.15) is 24.2 Å². The summed E-state index contributed by atoms with van der Waals surface area (Å²) in [5.41, 5.74) is 0.591. The van der Waals surface area contributed by atoms with Crippen LogP contribution in [0.4, 0.5) is 0 Å². The largest absolute Gasteiger partial charge is 0.333 e. The fourth-order valence-corrected chi connectivity index (χ4v) is 1.89. The van der Waals surface area contributed by atoms with Crippen LogP contribution in [0.25, 0.3) is 0 Å². The molecule has 0 saturated carbocycles. The van der Waals surface area contributed by atoms with Crippen molar-refractivity contribution < 1.29 is 4.79 Å². The average Bonchev–Trinajstić information content (AvgIpc) is 2.28. The van der Waals surface area contributed by atoms with Crippen LogP contribution in [0, 0.1) is 0 Å². The molecule has 0 heterocycles. The first-order valence-corrected chi connectivity index (χ1v) is 6.51. The van der Waals surface area contributed by atoms with Gasteiger partial charge in [-0.15, -0.1) is 6.58 Å². The zero-order chi connectivity index (χ0) is 13.0. The van der Waals surface area contributed by atoms with Crippen molar-refractivity contribution in [2.45, 2.75) is 19.9 Å². The molecule has 0 N–H and O–H groups in total. The van der Waals surface area contributed by atoms with Gasteiger partial charge in [0.15, 0.2) is 0 Å². The fraction of sp³-hybridized carbons (Fsp3) is 0.308. The number of hydrogen-bond acceptors (Lipinski definition) is 1. The molecule has 2 nitrogen and oxygen atoms in total. The van der Waals surface area contributed by atoms with Crippen molar-refractivity contribution in [3.05, 3.63) is 45.9 Å². The molecule has 0 spiro atoms. The molecule has 0 saturated heterocycles. The van der Waals surface area contributed by atoms with Crippen molar-refractivity contribution in [1.82, 2.24) is 4.90 Å². The van der Waals surface area contributed by atoms with Gasteiger partial charge in [0.2, 0.25) is 0 Å². The summed E-state index contributed by atoms with van der Waals surface area (Å²) in [7, 11) is 0. The quantitative estimate of drug-likeness (QED) is 0.765. The second-order valence-electron chi connectivity index (χ2n) is 3.97. The maximum Gasteiger partial charge on any atom is 0.254 e. The molecule has 92 valence electrons. The Balaban J connectivity index is 3.00. The Bertz CT molecular complexity index is 431. The SMILES string of the molecule is C=CCN(C(=O)c1ccc(Br)c(Cl)c1)C(C)C. The Labute approximate surface area is 115 Å². The summed E-state index contributed by atoms with van der Waals surface area (Å²) < 4.78 is 0.788. The van der Waals surface area contributed by atoms with Gasteiger partial charge in [-0.2, -0.15) is 0 Å². The third-order valence-electron chi connectivity index (χ3n) is 2.38. The molecule has 1 aromatic rings. The molecule has 1 aromatic carbocycles. The molecule has 0 unspecified atom stereocenters. The van der Waals surface area contributed by atoms with Crippen molar-refractivity contribution in [3.8, 4) is 0 Å². The highest BCUT2D eigenvalue weighted by atomic mass is 79.9. The van der Waals surface area contributed by atoms with Crippen LogP contribution in [0.15, 0.2) is 35.3 Å². The number of halogens is 2. The summed E-state index contributed by atoms with van der Waals surface area (Å²) >= 11 is 9.28. The van der Waals surface area contributed by atoms with Crippen LogP contribution in [0.2, 0.25) is 5.02 Å². The van der Waals surface area contributed by atoms with E-state index in [4.69, 9.17) is 11.6 Å². The van der Waals surface area contributed by atoms with Crippen LogP contribution in [0.3, 0.4) is 0 Å². The maximum atomic E-state index is 12.2. The van der Waals surface area contributed by atoms with Gasteiger partial charge in [0.1, 0.15) is 0 Å². The Morgan fingerprint density at radius 2 is 2.24 bits per heavy atom. The average molecular weight is 317 g/mol. The maximum absolute atomic E-state index is 12.2. The lowest BCUT2D eigenvalue weighted by Crippen LogP contribution is -2.37. The van der Waals surface area contributed by atoms with Gasteiger partial charge in [-0.25, -0.2) is 0 Å². The van der Waals surface area contributed by atoms with E-state index in [0.717, 1.165) is 4.47 Å². The van der Waals surface area contributed by atoms with Gasteiger partial charge in [-0.3, -0.25) is 4.79 Å². The molecular weight excluding hydrogens is 302 g/mol. The lowest BCUT2D eigenvalue weighted by Gasteiger charge is -2.25. The van der Waals surface area contributed by atoms with Crippen LogP contribution >= 0.6 is 27.5 Å². The molecule has 0 atom stereocenters. The van der Waals surface area contributed by atoms with E-state index in [9.17, 15) is 4.79 Å². The Morgan fingerprint density at radius 3 is 2.71 bits per heavy atom. The van der Waals surface area contributed by atoms with E-state index in [-0.39, 0.29) is 11.9 Å². The minimum Gasteiger partial charge on any atom is -0.333 e. The van der Waals surface area contributed by atoms with Gasteiger partial charge in [0.05, 0.1) is 5.02 Å². The molecule has 0 aliphatic heterocycles. The number of carbonyl (C=O) groups excluding carboxylic acids is 1. The first kappa shape index (κ1) is 14.3. The van der Waals surface area contributed by atoms with Gasteiger partial charge in [0, 0.05) is 22.6 Å². The Kier molecular flexibility index (Phi) is 5.22. The number of benzene rings is 1. The van der Waals surface area contributed by atoms with Gasteiger partial charge in [-0.05, 0) is 48.0 Å². The molecule has 0 aliphatic rings. The topological polar surface area (TPSA) is 20.3 Å². The summed E-state index contributed by atoms with van der Waals surface area (Å²) in [5, 5.41) is 0.540. The summed E-state index contributed by atoms with van der Waals surface area (Å²) in [6, 6.07) is 5.34. The highest BCUT2D eigenvalue weighted by Gasteiger charge is 2.17. The summed E-state index contributed by atoms with van der Waals surface area (Å²) in [5.74, 6) is -0.0331. The van der Waals surface area contributed by atoms with E-state index in [0.29, 0.717) is 17.1 Å². The number of rotatable bonds is 4. The van der Waals surface area contributed by atoms with Gasteiger partial charge >= 0.3 is 0 Å². The molecule has 1 rings (SSSR count). The Hall–Kier alpha value is -0.800. The zero-order valence-corrected chi connectivity index (χ0v) is 12.3.